The summed E-state index contributed by atoms with van der Waals surface area (Å²) >= 11 is 0. The van der Waals surface area contributed by atoms with Crippen molar-refractivity contribution in [2.24, 2.45) is 5.92 Å². The molecule has 1 aliphatic heterocycles. The molecule has 3 heterocycles. The van der Waals surface area contributed by atoms with Gasteiger partial charge < -0.3 is 10.6 Å². The van der Waals surface area contributed by atoms with E-state index in [1.807, 2.05) is 6.07 Å². The van der Waals surface area contributed by atoms with Crippen molar-refractivity contribution >= 4 is 11.9 Å². The Kier molecular flexibility index (Phi) is 3.25. The van der Waals surface area contributed by atoms with E-state index in [4.69, 9.17) is 5.73 Å². The van der Waals surface area contributed by atoms with Gasteiger partial charge in [0.25, 0.3) is 5.95 Å². The first kappa shape index (κ1) is 12.8. The SMILES string of the molecule is CC1CCN(c2nc(N)nc(-n3cccn3)n2)C(C)C1. The van der Waals surface area contributed by atoms with Crippen LogP contribution >= 0.6 is 0 Å². The molecule has 1 saturated heterocycles. The Morgan fingerprint density at radius 2 is 2.00 bits per heavy atom. The minimum atomic E-state index is 0.228. The molecule has 2 aromatic rings. The van der Waals surface area contributed by atoms with E-state index in [1.165, 1.54) is 0 Å². The van der Waals surface area contributed by atoms with E-state index in [9.17, 15) is 0 Å². The van der Waals surface area contributed by atoms with E-state index in [0.717, 1.165) is 25.3 Å². The fourth-order valence-electron chi connectivity index (χ4n) is 2.69. The van der Waals surface area contributed by atoms with Crippen molar-refractivity contribution in [1.82, 2.24) is 24.7 Å². The Bertz CT molecular complexity index is 580. The first-order chi connectivity index (χ1) is 9.63. The minimum Gasteiger partial charge on any atom is -0.368 e. The van der Waals surface area contributed by atoms with Crippen LogP contribution < -0.4 is 10.6 Å². The van der Waals surface area contributed by atoms with Crippen LogP contribution in [0.25, 0.3) is 5.95 Å². The molecule has 2 unspecified atom stereocenters. The minimum absolute atomic E-state index is 0.228. The molecule has 0 amide bonds. The Balaban J connectivity index is 1.94. The number of rotatable bonds is 2. The van der Waals surface area contributed by atoms with E-state index in [2.05, 4.69) is 38.8 Å². The largest absolute Gasteiger partial charge is 0.368 e. The van der Waals surface area contributed by atoms with Crippen LogP contribution in [-0.2, 0) is 0 Å². The van der Waals surface area contributed by atoms with Gasteiger partial charge in [0.2, 0.25) is 11.9 Å². The lowest BCUT2D eigenvalue weighted by Crippen LogP contribution is -2.41. The van der Waals surface area contributed by atoms with E-state index in [-0.39, 0.29) is 5.95 Å². The van der Waals surface area contributed by atoms with Gasteiger partial charge in [-0.1, -0.05) is 6.92 Å². The average Bonchev–Trinajstić information content (AvgIpc) is 2.91. The van der Waals surface area contributed by atoms with Crippen LogP contribution in [0, 0.1) is 5.92 Å². The van der Waals surface area contributed by atoms with Gasteiger partial charge in [0, 0.05) is 25.0 Å². The number of nitrogen functional groups attached to an aromatic ring is 1. The predicted octanol–water partition coefficient (Wildman–Crippen LogP) is 1.26. The normalized spacial score (nSPS) is 23.0. The summed E-state index contributed by atoms with van der Waals surface area (Å²) in [6, 6.07) is 2.23. The number of hydrogen-bond donors (Lipinski definition) is 1. The fourth-order valence-corrected chi connectivity index (χ4v) is 2.69. The zero-order valence-corrected chi connectivity index (χ0v) is 11.8. The van der Waals surface area contributed by atoms with Crippen molar-refractivity contribution in [3.63, 3.8) is 0 Å². The fraction of sp³-hybridized carbons (Fsp3) is 0.538. The summed E-state index contributed by atoms with van der Waals surface area (Å²) in [6.45, 7) is 5.43. The number of hydrogen-bond acceptors (Lipinski definition) is 6. The van der Waals surface area contributed by atoms with E-state index >= 15 is 0 Å². The third-order valence-corrected chi connectivity index (χ3v) is 3.73. The highest BCUT2D eigenvalue weighted by Gasteiger charge is 2.25. The maximum Gasteiger partial charge on any atom is 0.257 e. The van der Waals surface area contributed by atoms with Crippen LogP contribution in [0.15, 0.2) is 18.5 Å². The quantitative estimate of drug-likeness (QED) is 0.886. The van der Waals surface area contributed by atoms with Crippen LogP contribution in [0.4, 0.5) is 11.9 Å². The van der Waals surface area contributed by atoms with Crippen molar-refractivity contribution in [2.75, 3.05) is 17.2 Å². The molecular weight excluding hydrogens is 254 g/mol. The highest BCUT2D eigenvalue weighted by Crippen LogP contribution is 2.25. The smallest absolute Gasteiger partial charge is 0.257 e. The lowest BCUT2D eigenvalue weighted by atomic mass is 9.94. The Morgan fingerprint density at radius 3 is 2.70 bits per heavy atom. The van der Waals surface area contributed by atoms with Gasteiger partial charge in [-0.25, -0.2) is 4.68 Å². The second-order valence-corrected chi connectivity index (χ2v) is 5.42. The van der Waals surface area contributed by atoms with Gasteiger partial charge in [0.1, 0.15) is 0 Å². The van der Waals surface area contributed by atoms with Crippen molar-refractivity contribution < 1.29 is 0 Å². The molecule has 0 aromatic carbocycles. The van der Waals surface area contributed by atoms with Crippen LogP contribution in [0.1, 0.15) is 26.7 Å². The van der Waals surface area contributed by atoms with Crippen molar-refractivity contribution in [3.8, 4) is 5.95 Å². The molecule has 0 bridgehead atoms. The van der Waals surface area contributed by atoms with Crippen molar-refractivity contribution in [1.29, 1.82) is 0 Å². The van der Waals surface area contributed by atoms with E-state index in [1.54, 1.807) is 17.1 Å². The second-order valence-electron chi connectivity index (χ2n) is 5.42. The summed E-state index contributed by atoms with van der Waals surface area (Å²) in [4.78, 5) is 15.1. The zero-order valence-electron chi connectivity index (χ0n) is 11.8. The Hall–Kier alpha value is -2.18. The molecular formula is C13H19N7. The molecule has 3 rings (SSSR count). The molecule has 7 heteroatoms. The zero-order chi connectivity index (χ0) is 14.1. The van der Waals surface area contributed by atoms with Crippen LogP contribution in [0.5, 0.6) is 0 Å². The van der Waals surface area contributed by atoms with Gasteiger partial charge in [-0.3, -0.25) is 0 Å². The monoisotopic (exact) mass is 273 g/mol. The number of nitrogens with two attached hydrogens (primary N) is 1. The van der Waals surface area contributed by atoms with Gasteiger partial charge in [0.05, 0.1) is 0 Å². The molecule has 0 aliphatic carbocycles. The standard InChI is InChI=1S/C13H19N7/c1-9-4-7-19(10(2)8-9)12-16-11(14)17-13(18-12)20-6-3-5-15-20/h3,5-6,9-10H,4,7-8H2,1-2H3,(H2,14,16,17,18). The van der Waals surface area contributed by atoms with Gasteiger partial charge in [-0.05, 0) is 31.7 Å². The van der Waals surface area contributed by atoms with Gasteiger partial charge in [0.15, 0.2) is 0 Å². The molecule has 2 aromatic heterocycles. The summed E-state index contributed by atoms with van der Waals surface area (Å²) < 4.78 is 1.60. The lowest BCUT2D eigenvalue weighted by Gasteiger charge is -2.36. The predicted molar refractivity (Wildman–Crippen MR) is 76.6 cm³/mol. The summed E-state index contributed by atoms with van der Waals surface area (Å²) in [5.74, 6) is 2.07. The molecule has 1 fully saturated rings. The third kappa shape index (κ3) is 2.43. The number of nitrogens with zero attached hydrogens (tertiary/aromatic N) is 6. The number of aromatic nitrogens is 5. The number of anilines is 2. The molecule has 0 saturated carbocycles. The lowest BCUT2D eigenvalue weighted by molar-refractivity contribution is 0.373. The molecule has 2 atom stereocenters. The third-order valence-electron chi connectivity index (χ3n) is 3.73. The van der Waals surface area contributed by atoms with E-state index < -0.39 is 0 Å². The number of piperidine rings is 1. The molecule has 7 nitrogen and oxygen atoms in total. The maximum absolute atomic E-state index is 5.81. The van der Waals surface area contributed by atoms with Crippen molar-refractivity contribution in [2.45, 2.75) is 32.7 Å². The molecule has 1 aliphatic rings. The molecule has 0 radical (unpaired) electrons. The first-order valence-corrected chi connectivity index (χ1v) is 6.91. The molecule has 106 valence electrons. The average molecular weight is 273 g/mol. The molecule has 20 heavy (non-hydrogen) atoms. The van der Waals surface area contributed by atoms with E-state index in [0.29, 0.717) is 17.9 Å². The van der Waals surface area contributed by atoms with Gasteiger partial charge in [-0.2, -0.15) is 20.1 Å². The maximum atomic E-state index is 5.81. The molecule has 0 spiro atoms. The topological polar surface area (TPSA) is 85.8 Å². The Morgan fingerprint density at radius 1 is 1.20 bits per heavy atom. The van der Waals surface area contributed by atoms with Gasteiger partial charge in [-0.15, -0.1) is 0 Å². The Labute approximate surface area is 117 Å². The van der Waals surface area contributed by atoms with Gasteiger partial charge >= 0.3 is 0 Å². The van der Waals surface area contributed by atoms with Crippen LogP contribution in [0.2, 0.25) is 0 Å². The summed E-state index contributed by atoms with van der Waals surface area (Å²) in [5, 5.41) is 4.13. The van der Waals surface area contributed by atoms with Crippen LogP contribution in [0.3, 0.4) is 0 Å². The van der Waals surface area contributed by atoms with Crippen molar-refractivity contribution in [3.05, 3.63) is 18.5 Å². The molecule has 2 N–H and O–H groups in total. The first-order valence-electron chi connectivity index (χ1n) is 6.91. The summed E-state index contributed by atoms with van der Waals surface area (Å²) in [5.41, 5.74) is 5.81. The summed E-state index contributed by atoms with van der Waals surface area (Å²) in [6.07, 6.45) is 5.76. The van der Waals surface area contributed by atoms with Crippen LogP contribution in [-0.4, -0.2) is 37.3 Å². The highest BCUT2D eigenvalue weighted by atomic mass is 15.4. The highest BCUT2D eigenvalue weighted by molar-refractivity contribution is 5.39. The second kappa shape index (κ2) is 5.07. The summed E-state index contributed by atoms with van der Waals surface area (Å²) in [7, 11) is 0.